The summed E-state index contributed by atoms with van der Waals surface area (Å²) in [6.07, 6.45) is 1.71. The molecule has 0 spiro atoms. The highest BCUT2D eigenvalue weighted by Crippen LogP contribution is 2.32. The summed E-state index contributed by atoms with van der Waals surface area (Å²) in [6.45, 7) is 5.53. The molecule has 1 atom stereocenters. The van der Waals surface area contributed by atoms with Crippen LogP contribution in [0.5, 0.6) is 0 Å². The molecule has 94 valence electrons. The lowest BCUT2D eigenvalue weighted by molar-refractivity contribution is -0.145. The summed E-state index contributed by atoms with van der Waals surface area (Å²) >= 11 is 0. The van der Waals surface area contributed by atoms with Crippen molar-refractivity contribution in [3.05, 3.63) is 42.5 Å². The molecule has 1 aliphatic rings. The first-order valence-corrected chi connectivity index (χ1v) is 5.89. The van der Waals surface area contributed by atoms with Crippen molar-refractivity contribution < 1.29 is 14.3 Å². The Morgan fingerprint density at radius 3 is 2.89 bits per heavy atom. The average molecular weight is 245 g/mol. The summed E-state index contributed by atoms with van der Waals surface area (Å²) in [4.78, 5) is 25.2. The molecule has 4 nitrogen and oxygen atoms in total. The van der Waals surface area contributed by atoms with E-state index in [0.29, 0.717) is 13.0 Å². The van der Waals surface area contributed by atoms with Gasteiger partial charge in [0.15, 0.2) is 0 Å². The Morgan fingerprint density at radius 2 is 2.22 bits per heavy atom. The minimum atomic E-state index is -0.576. The van der Waals surface area contributed by atoms with Gasteiger partial charge in [0.1, 0.15) is 6.04 Å². The topological polar surface area (TPSA) is 46.6 Å². The van der Waals surface area contributed by atoms with E-state index in [1.807, 2.05) is 24.3 Å². The van der Waals surface area contributed by atoms with E-state index >= 15 is 0 Å². The number of hydrogen-bond donors (Lipinski definition) is 0. The second kappa shape index (κ2) is 5.04. The van der Waals surface area contributed by atoms with E-state index in [1.54, 1.807) is 6.92 Å². The van der Waals surface area contributed by atoms with Crippen LogP contribution >= 0.6 is 0 Å². The van der Waals surface area contributed by atoms with Crippen LogP contribution in [0, 0.1) is 0 Å². The molecule has 1 aromatic carbocycles. The first-order chi connectivity index (χ1) is 8.69. The van der Waals surface area contributed by atoms with Gasteiger partial charge in [0.25, 0.3) is 5.91 Å². The third-order valence-electron chi connectivity index (χ3n) is 2.95. The molecular weight excluding hydrogens is 230 g/mol. The molecule has 1 amide bonds. The largest absolute Gasteiger partial charge is 0.464 e. The molecule has 0 aliphatic carbocycles. The fraction of sp³-hybridized carbons (Fsp3) is 0.286. The first kappa shape index (κ1) is 12.4. The normalized spacial score (nSPS) is 17.2. The minimum Gasteiger partial charge on any atom is -0.464 e. The SMILES string of the molecule is C=CC(=O)N1c2ccccc2C[C@@H]1C(=O)OCC. The quantitative estimate of drug-likeness (QED) is 0.601. The highest BCUT2D eigenvalue weighted by atomic mass is 16.5. The molecule has 0 aromatic heterocycles. The monoisotopic (exact) mass is 245 g/mol. The summed E-state index contributed by atoms with van der Waals surface area (Å²) < 4.78 is 5.01. The zero-order valence-corrected chi connectivity index (χ0v) is 10.3. The van der Waals surface area contributed by atoms with Gasteiger partial charge in [-0.05, 0) is 24.6 Å². The molecule has 1 aliphatic heterocycles. The maximum atomic E-state index is 11.9. The number of esters is 1. The summed E-state index contributed by atoms with van der Waals surface area (Å²) in [5, 5.41) is 0. The number of hydrogen-bond acceptors (Lipinski definition) is 3. The maximum Gasteiger partial charge on any atom is 0.329 e. The number of amides is 1. The Hall–Kier alpha value is -2.10. The van der Waals surface area contributed by atoms with Crippen molar-refractivity contribution >= 4 is 17.6 Å². The van der Waals surface area contributed by atoms with Gasteiger partial charge in [-0.25, -0.2) is 4.79 Å². The highest BCUT2D eigenvalue weighted by Gasteiger charge is 2.38. The molecule has 18 heavy (non-hydrogen) atoms. The van der Waals surface area contributed by atoms with Gasteiger partial charge < -0.3 is 4.74 Å². The molecular formula is C14H15NO3. The van der Waals surface area contributed by atoms with Crippen LogP contribution in [-0.4, -0.2) is 24.5 Å². The number of carbonyl (C=O) groups excluding carboxylic acids is 2. The molecule has 2 rings (SSSR count). The van der Waals surface area contributed by atoms with E-state index < -0.39 is 6.04 Å². The molecule has 0 saturated carbocycles. The Morgan fingerprint density at radius 1 is 1.50 bits per heavy atom. The average Bonchev–Trinajstić information content (AvgIpc) is 2.77. The molecule has 1 heterocycles. The van der Waals surface area contributed by atoms with Crippen LogP contribution in [-0.2, 0) is 20.7 Å². The third kappa shape index (κ3) is 2.01. The van der Waals surface area contributed by atoms with Gasteiger partial charge in [-0.1, -0.05) is 24.8 Å². The van der Waals surface area contributed by atoms with Crippen LogP contribution in [0.2, 0.25) is 0 Å². The van der Waals surface area contributed by atoms with Crippen molar-refractivity contribution in [1.82, 2.24) is 0 Å². The summed E-state index contributed by atoms with van der Waals surface area (Å²) in [5.74, 6) is -0.651. The molecule has 4 heteroatoms. The lowest BCUT2D eigenvalue weighted by Gasteiger charge is -2.22. The van der Waals surface area contributed by atoms with Crippen molar-refractivity contribution in [3.63, 3.8) is 0 Å². The second-order valence-corrected chi connectivity index (χ2v) is 4.01. The second-order valence-electron chi connectivity index (χ2n) is 4.01. The molecule has 0 unspecified atom stereocenters. The van der Waals surface area contributed by atoms with Gasteiger partial charge in [-0.2, -0.15) is 0 Å². The smallest absolute Gasteiger partial charge is 0.329 e. The van der Waals surface area contributed by atoms with Crippen LogP contribution in [0.3, 0.4) is 0 Å². The van der Waals surface area contributed by atoms with Crippen molar-refractivity contribution in [2.75, 3.05) is 11.5 Å². The zero-order valence-electron chi connectivity index (χ0n) is 10.3. The van der Waals surface area contributed by atoms with Gasteiger partial charge in [0.05, 0.1) is 6.61 Å². The van der Waals surface area contributed by atoms with Crippen molar-refractivity contribution in [2.24, 2.45) is 0 Å². The van der Waals surface area contributed by atoms with E-state index in [2.05, 4.69) is 6.58 Å². The number of fused-ring (bicyclic) bond motifs is 1. The molecule has 0 saturated heterocycles. The zero-order chi connectivity index (χ0) is 13.1. The van der Waals surface area contributed by atoms with E-state index in [4.69, 9.17) is 4.74 Å². The predicted molar refractivity (Wildman–Crippen MR) is 68.3 cm³/mol. The number of ether oxygens (including phenoxy) is 1. The van der Waals surface area contributed by atoms with Gasteiger partial charge in [-0.15, -0.1) is 0 Å². The fourth-order valence-electron chi connectivity index (χ4n) is 2.18. The summed E-state index contributed by atoms with van der Waals surface area (Å²) in [7, 11) is 0. The van der Waals surface area contributed by atoms with E-state index in [1.165, 1.54) is 11.0 Å². The Labute approximate surface area is 106 Å². The lowest BCUT2D eigenvalue weighted by atomic mass is 10.1. The van der Waals surface area contributed by atoms with Crippen LogP contribution in [0.4, 0.5) is 5.69 Å². The van der Waals surface area contributed by atoms with Crippen LogP contribution in [0.25, 0.3) is 0 Å². The number of anilines is 1. The highest BCUT2D eigenvalue weighted by molar-refractivity contribution is 6.07. The van der Waals surface area contributed by atoms with Gasteiger partial charge >= 0.3 is 5.97 Å². The number of nitrogens with zero attached hydrogens (tertiary/aromatic N) is 1. The van der Waals surface area contributed by atoms with E-state index in [-0.39, 0.29) is 11.9 Å². The van der Waals surface area contributed by atoms with E-state index in [9.17, 15) is 9.59 Å². The summed E-state index contributed by atoms with van der Waals surface area (Å²) in [6, 6.07) is 6.90. The van der Waals surface area contributed by atoms with Crippen molar-refractivity contribution in [2.45, 2.75) is 19.4 Å². The standard InChI is InChI=1S/C14H15NO3/c1-3-13(16)15-11-8-6-5-7-10(11)9-12(15)14(17)18-4-2/h3,5-8,12H,1,4,9H2,2H3/t12-/m1/s1. The van der Waals surface area contributed by atoms with Gasteiger partial charge in [0, 0.05) is 12.1 Å². The third-order valence-corrected chi connectivity index (χ3v) is 2.95. The number of para-hydroxylation sites is 1. The van der Waals surface area contributed by atoms with Gasteiger partial charge in [-0.3, -0.25) is 9.69 Å². The van der Waals surface area contributed by atoms with Crippen molar-refractivity contribution in [3.8, 4) is 0 Å². The van der Waals surface area contributed by atoms with E-state index in [0.717, 1.165) is 11.3 Å². The lowest BCUT2D eigenvalue weighted by Crippen LogP contribution is -2.43. The predicted octanol–water partition coefficient (Wildman–Crippen LogP) is 1.69. The molecule has 0 fully saturated rings. The maximum absolute atomic E-state index is 11.9. The molecule has 1 aromatic rings. The number of rotatable bonds is 3. The fourth-order valence-corrected chi connectivity index (χ4v) is 2.18. The Kier molecular flexibility index (Phi) is 3.46. The van der Waals surface area contributed by atoms with Crippen LogP contribution < -0.4 is 4.90 Å². The molecule has 0 N–H and O–H groups in total. The Balaban J connectivity index is 2.36. The first-order valence-electron chi connectivity index (χ1n) is 5.89. The van der Waals surface area contributed by atoms with Crippen LogP contribution in [0.15, 0.2) is 36.9 Å². The minimum absolute atomic E-state index is 0.280. The summed E-state index contributed by atoms with van der Waals surface area (Å²) in [5.41, 5.74) is 1.74. The van der Waals surface area contributed by atoms with Crippen LogP contribution in [0.1, 0.15) is 12.5 Å². The molecule has 0 radical (unpaired) electrons. The number of carbonyl (C=O) groups is 2. The molecule has 0 bridgehead atoms. The van der Waals surface area contributed by atoms with Crippen molar-refractivity contribution in [1.29, 1.82) is 0 Å². The number of benzene rings is 1. The Bertz CT molecular complexity index is 496. The van der Waals surface area contributed by atoms with Gasteiger partial charge in [0.2, 0.25) is 0 Å².